The summed E-state index contributed by atoms with van der Waals surface area (Å²) in [6.07, 6.45) is 1.44. The minimum Gasteiger partial charge on any atom is -0.435 e. The van der Waals surface area contributed by atoms with Gasteiger partial charge in [-0.2, -0.15) is 8.78 Å². The fourth-order valence-corrected chi connectivity index (χ4v) is 3.43. The molecule has 4 rings (SSSR count). The van der Waals surface area contributed by atoms with Gasteiger partial charge in [0.15, 0.2) is 11.5 Å². The molecule has 1 aliphatic heterocycles. The van der Waals surface area contributed by atoms with Gasteiger partial charge in [0.2, 0.25) is 0 Å². The maximum absolute atomic E-state index is 14.6. The summed E-state index contributed by atoms with van der Waals surface area (Å²) in [5.41, 5.74) is 6.33. The Kier molecular flexibility index (Phi) is 4.56. The predicted octanol–water partition coefficient (Wildman–Crippen LogP) is 3.79. The number of halogens is 3. The molecule has 150 valence electrons. The molecule has 1 atom stereocenters. The molecule has 29 heavy (non-hydrogen) atoms. The fourth-order valence-electron chi connectivity index (χ4n) is 3.43. The van der Waals surface area contributed by atoms with Crippen LogP contribution in [0.4, 0.5) is 13.2 Å². The minimum absolute atomic E-state index is 0.00864. The molecule has 2 aliphatic rings. The maximum atomic E-state index is 14.6. The third-order valence-corrected chi connectivity index (χ3v) is 5.08. The monoisotopic (exact) mass is 401 g/mol. The number of carbonyl (C=O) groups is 1. The van der Waals surface area contributed by atoms with Crippen molar-refractivity contribution >= 4 is 17.7 Å². The summed E-state index contributed by atoms with van der Waals surface area (Å²) >= 11 is 0. The zero-order chi connectivity index (χ0) is 20.8. The van der Waals surface area contributed by atoms with E-state index in [4.69, 9.17) is 5.73 Å². The Labute approximate surface area is 165 Å². The van der Waals surface area contributed by atoms with Gasteiger partial charge in [-0.3, -0.25) is 9.69 Å². The minimum atomic E-state index is -2.96. The van der Waals surface area contributed by atoms with Crippen LogP contribution < -0.4 is 10.5 Å². The van der Waals surface area contributed by atoms with Crippen molar-refractivity contribution in [3.05, 3.63) is 70.8 Å². The van der Waals surface area contributed by atoms with E-state index in [9.17, 15) is 18.0 Å². The lowest BCUT2D eigenvalue weighted by Crippen LogP contribution is -2.41. The highest BCUT2D eigenvalue weighted by Gasteiger charge is 2.49. The van der Waals surface area contributed by atoms with Gasteiger partial charge in [-0.05, 0) is 47.7 Å². The largest absolute Gasteiger partial charge is 0.435 e. The highest BCUT2D eigenvalue weighted by molar-refractivity contribution is 6.09. The second kappa shape index (κ2) is 6.95. The first kappa shape index (κ1) is 19.0. The highest BCUT2D eigenvalue weighted by Crippen LogP contribution is 2.42. The first-order valence-electron chi connectivity index (χ1n) is 9.00. The van der Waals surface area contributed by atoms with Gasteiger partial charge >= 0.3 is 6.61 Å². The summed E-state index contributed by atoms with van der Waals surface area (Å²) in [7, 11) is 1.49. The Balaban J connectivity index is 1.85. The number of guanidine groups is 1. The van der Waals surface area contributed by atoms with Crippen molar-refractivity contribution in [2.24, 2.45) is 10.7 Å². The van der Waals surface area contributed by atoms with E-state index in [0.717, 1.165) is 18.4 Å². The Hall–Kier alpha value is -3.29. The topological polar surface area (TPSA) is 67.9 Å². The number of likely N-dealkylation sites (N-methyl/N-ethyl adjacent to an activating group) is 1. The summed E-state index contributed by atoms with van der Waals surface area (Å²) < 4.78 is 43.9. The molecule has 1 saturated carbocycles. The lowest BCUT2D eigenvalue weighted by Gasteiger charge is -2.26. The van der Waals surface area contributed by atoms with Crippen molar-refractivity contribution in [3.8, 4) is 5.75 Å². The first-order chi connectivity index (χ1) is 13.8. The SMILES string of the molecule is CN1C(=O)C(c2ccc(OC(F)F)cc2)(c2cccc(C(F)=C3CC3)c2)N=C1N. The molecule has 1 unspecified atom stereocenters. The van der Waals surface area contributed by atoms with Crippen molar-refractivity contribution in [2.75, 3.05) is 7.05 Å². The van der Waals surface area contributed by atoms with E-state index in [-0.39, 0.29) is 17.5 Å². The van der Waals surface area contributed by atoms with Crippen molar-refractivity contribution in [1.29, 1.82) is 0 Å². The Morgan fingerprint density at radius 2 is 1.86 bits per heavy atom. The second-order valence-electron chi connectivity index (χ2n) is 6.95. The van der Waals surface area contributed by atoms with E-state index in [1.54, 1.807) is 24.3 Å². The second-order valence-corrected chi connectivity index (χ2v) is 6.95. The number of hydrogen-bond donors (Lipinski definition) is 1. The van der Waals surface area contributed by atoms with Crippen molar-refractivity contribution in [2.45, 2.75) is 25.0 Å². The predicted molar refractivity (Wildman–Crippen MR) is 102 cm³/mol. The molecule has 2 aromatic carbocycles. The molecule has 5 nitrogen and oxygen atoms in total. The molecular formula is C21H18F3N3O2. The molecule has 0 aromatic heterocycles. The normalized spacial score (nSPS) is 20.9. The molecule has 1 fully saturated rings. The van der Waals surface area contributed by atoms with Gasteiger partial charge in [0.1, 0.15) is 11.6 Å². The van der Waals surface area contributed by atoms with Gasteiger partial charge in [-0.15, -0.1) is 0 Å². The van der Waals surface area contributed by atoms with Gasteiger partial charge in [0, 0.05) is 12.6 Å². The molecule has 0 radical (unpaired) electrons. The van der Waals surface area contributed by atoms with Crippen LogP contribution in [0.2, 0.25) is 0 Å². The first-order valence-corrected chi connectivity index (χ1v) is 9.00. The molecule has 8 heteroatoms. The van der Waals surface area contributed by atoms with Gasteiger partial charge in [-0.25, -0.2) is 9.38 Å². The highest BCUT2D eigenvalue weighted by atomic mass is 19.3. The molecule has 0 bridgehead atoms. The van der Waals surface area contributed by atoms with Gasteiger partial charge in [-0.1, -0.05) is 30.3 Å². The van der Waals surface area contributed by atoms with Crippen molar-refractivity contribution < 1.29 is 22.7 Å². The van der Waals surface area contributed by atoms with E-state index >= 15 is 0 Å². The van der Waals surface area contributed by atoms with E-state index < -0.39 is 18.1 Å². The molecule has 0 saturated heterocycles. The Morgan fingerprint density at radius 1 is 1.17 bits per heavy atom. The van der Waals surface area contributed by atoms with Crippen molar-refractivity contribution in [1.82, 2.24) is 4.90 Å². The van der Waals surface area contributed by atoms with E-state index in [0.29, 0.717) is 16.7 Å². The lowest BCUT2D eigenvalue weighted by atomic mass is 9.82. The van der Waals surface area contributed by atoms with Crippen molar-refractivity contribution in [3.63, 3.8) is 0 Å². The van der Waals surface area contributed by atoms with E-state index in [1.807, 2.05) is 0 Å². The number of amides is 1. The van der Waals surface area contributed by atoms with Crippen LogP contribution in [-0.4, -0.2) is 30.4 Å². The van der Waals surface area contributed by atoms with Crippen LogP contribution >= 0.6 is 0 Å². The number of alkyl halides is 2. The van der Waals surface area contributed by atoms with Crippen LogP contribution in [0, 0.1) is 0 Å². The number of aliphatic imine (C=N–C) groups is 1. The lowest BCUT2D eigenvalue weighted by molar-refractivity contribution is -0.129. The molecule has 1 heterocycles. The number of benzene rings is 2. The van der Waals surface area contributed by atoms with Gasteiger partial charge < -0.3 is 10.5 Å². The third-order valence-electron chi connectivity index (χ3n) is 5.08. The number of nitrogens with zero attached hydrogens (tertiary/aromatic N) is 2. The molecular weight excluding hydrogens is 383 g/mol. The zero-order valence-electron chi connectivity index (χ0n) is 15.5. The number of nitrogens with two attached hydrogens (primary N) is 1. The quantitative estimate of drug-likeness (QED) is 0.829. The summed E-state index contributed by atoms with van der Waals surface area (Å²) in [6, 6.07) is 12.2. The maximum Gasteiger partial charge on any atom is 0.387 e. The number of ether oxygens (including phenoxy) is 1. The Morgan fingerprint density at radius 3 is 2.41 bits per heavy atom. The summed E-state index contributed by atoms with van der Waals surface area (Å²) in [6.45, 7) is -2.96. The summed E-state index contributed by atoms with van der Waals surface area (Å²) in [5, 5.41) is 0. The molecule has 1 amide bonds. The molecule has 2 aromatic rings. The zero-order valence-corrected chi connectivity index (χ0v) is 15.5. The van der Waals surface area contributed by atoms with E-state index in [1.165, 1.54) is 36.2 Å². The van der Waals surface area contributed by atoms with Crippen LogP contribution in [0.1, 0.15) is 29.5 Å². The van der Waals surface area contributed by atoms with Crippen LogP contribution in [0.3, 0.4) is 0 Å². The third kappa shape index (κ3) is 3.24. The number of allylic oxidation sites excluding steroid dienone is 1. The smallest absolute Gasteiger partial charge is 0.387 e. The average Bonchev–Trinajstić information content (AvgIpc) is 3.52. The molecule has 1 aliphatic carbocycles. The molecule has 2 N–H and O–H groups in total. The van der Waals surface area contributed by atoms with Crippen LogP contribution in [-0.2, 0) is 10.3 Å². The van der Waals surface area contributed by atoms with Gasteiger partial charge in [0.05, 0.1) is 0 Å². The number of rotatable bonds is 5. The standard InChI is InChI=1S/C21H18F3N3O2/c1-27-18(28)21(26-20(27)25,14-7-9-16(10-8-14)29-19(23)24)15-4-2-3-13(11-15)17(22)12-5-6-12/h2-4,7-11,19H,5-6H2,1H3,(H2,25,26). The van der Waals surface area contributed by atoms with Gasteiger partial charge in [0.25, 0.3) is 5.91 Å². The van der Waals surface area contributed by atoms with Crippen LogP contribution in [0.5, 0.6) is 5.75 Å². The fraction of sp³-hybridized carbons (Fsp3) is 0.238. The summed E-state index contributed by atoms with van der Waals surface area (Å²) in [4.78, 5) is 18.8. The Bertz CT molecular complexity index is 1030. The average molecular weight is 401 g/mol. The van der Waals surface area contributed by atoms with Crippen LogP contribution in [0.15, 0.2) is 59.1 Å². The van der Waals surface area contributed by atoms with Crippen LogP contribution in [0.25, 0.3) is 5.83 Å². The van der Waals surface area contributed by atoms with E-state index in [2.05, 4.69) is 9.73 Å². The molecule has 0 spiro atoms. The number of carbonyl (C=O) groups excluding carboxylic acids is 1. The summed E-state index contributed by atoms with van der Waals surface area (Å²) in [5.74, 6) is -0.755. The number of hydrogen-bond acceptors (Lipinski definition) is 4.